The first-order valence-corrected chi connectivity index (χ1v) is 4.21. The number of para-hydroxylation sites is 1. The average molecular weight is 209 g/mol. The van der Waals surface area contributed by atoms with Gasteiger partial charge >= 0.3 is 5.97 Å². The molecule has 5 heteroatoms. The summed E-state index contributed by atoms with van der Waals surface area (Å²) in [4.78, 5) is 18.7. The zero-order valence-corrected chi connectivity index (χ0v) is 7.69. The van der Waals surface area contributed by atoms with E-state index in [9.17, 15) is 4.79 Å². The van der Waals surface area contributed by atoms with Crippen LogP contribution in [-0.2, 0) is 0 Å². The molecule has 0 aliphatic carbocycles. The Hall–Kier alpha value is -1.68. The molecule has 0 aliphatic rings. The van der Waals surface area contributed by atoms with Crippen molar-refractivity contribution in [3.63, 3.8) is 0 Å². The second kappa shape index (κ2) is 3.23. The number of rotatable bonds is 1. The highest BCUT2D eigenvalue weighted by molar-refractivity contribution is 6.29. The second-order valence-electron chi connectivity index (χ2n) is 2.67. The normalized spacial score (nSPS) is 10.4. The number of aromatic carboxylic acids is 1. The van der Waals surface area contributed by atoms with Gasteiger partial charge in [-0.15, -0.1) is 0 Å². The van der Waals surface area contributed by atoms with Crippen LogP contribution in [0.25, 0.3) is 11.0 Å². The predicted molar refractivity (Wildman–Crippen MR) is 51.5 cm³/mol. The fourth-order valence-corrected chi connectivity index (χ4v) is 1.33. The molecule has 2 rings (SSSR count). The maximum Gasteiger partial charge on any atom is 0.337 e. The lowest BCUT2D eigenvalue weighted by atomic mass is 10.2. The fraction of sp³-hybridized carbons (Fsp3) is 0. The van der Waals surface area contributed by atoms with Crippen molar-refractivity contribution in [2.24, 2.45) is 0 Å². The molecular weight excluding hydrogens is 204 g/mol. The first-order valence-electron chi connectivity index (χ1n) is 3.83. The minimum atomic E-state index is -1.02. The Bertz CT molecular complexity index is 513. The van der Waals surface area contributed by atoms with Crippen LogP contribution in [-0.4, -0.2) is 21.0 Å². The van der Waals surface area contributed by atoms with Crippen molar-refractivity contribution in [1.29, 1.82) is 0 Å². The Balaban J connectivity index is 2.81. The van der Waals surface area contributed by atoms with E-state index >= 15 is 0 Å². The number of hydrogen-bond acceptors (Lipinski definition) is 3. The standard InChI is InChI=1S/C9H5ClN2O2/c10-7-4-11-8-5(9(13)14)2-1-3-6(8)12-7/h1-4H,(H,13,14). The van der Waals surface area contributed by atoms with Gasteiger partial charge in [0.05, 0.1) is 17.3 Å². The first-order chi connectivity index (χ1) is 6.68. The highest BCUT2D eigenvalue weighted by Gasteiger charge is 2.09. The van der Waals surface area contributed by atoms with E-state index in [1.807, 2.05) is 0 Å². The Morgan fingerprint density at radius 1 is 1.43 bits per heavy atom. The predicted octanol–water partition coefficient (Wildman–Crippen LogP) is 1.98. The van der Waals surface area contributed by atoms with Gasteiger partial charge in [-0.2, -0.15) is 0 Å². The molecule has 0 bridgehead atoms. The summed E-state index contributed by atoms with van der Waals surface area (Å²) in [6.45, 7) is 0. The topological polar surface area (TPSA) is 63.1 Å². The van der Waals surface area contributed by atoms with Crippen molar-refractivity contribution in [3.8, 4) is 0 Å². The van der Waals surface area contributed by atoms with Crippen molar-refractivity contribution in [3.05, 3.63) is 35.1 Å². The molecule has 0 saturated heterocycles. The summed E-state index contributed by atoms with van der Waals surface area (Å²) in [6, 6.07) is 4.75. The van der Waals surface area contributed by atoms with Gasteiger partial charge in [0.15, 0.2) is 0 Å². The Morgan fingerprint density at radius 3 is 2.93 bits per heavy atom. The first kappa shape index (κ1) is 8.90. The smallest absolute Gasteiger partial charge is 0.337 e. The molecule has 0 unspecified atom stereocenters. The molecule has 1 N–H and O–H groups in total. The van der Waals surface area contributed by atoms with E-state index in [0.717, 1.165) is 0 Å². The second-order valence-corrected chi connectivity index (χ2v) is 3.06. The zero-order chi connectivity index (χ0) is 10.1. The molecule has 0 spiro atoms. The van der Waals surface area contributed by atoms with E-state index in [4.69, 9.17) is 16.7 Å². The van der Waals surface area contributed by atoms with Crippen LogP contribution in [0.5, 0.6) is 0 Å². The number of fused-ring (bicyclic) bond motifs is 1. The van der Waals surface area contributed by atoms with Gasteiger partial charge in [-0.1, -0.05) is 17.7 Å². The highest BCUT2D eigenvalue weighted by Crippen LogP contribution is 2.16. The monoisotopic (exact) mass is 208 g/mol. The van der Waals surface area contributed by atoms with Gasteiger partial charge in [0.2, 0.25) is 0 Å². The van der Waals surface area contributed by atoms with E-state index in [1.54, 1.807) is 12.1 Å². The third-order valence-corrected chi connectivity index (χ3v) is 1.95. The number of aromatic nitrogens is 2. The van der Waals surface area contributed by atoms with Gasteiger partial charge in [-0.25, -0.2) is 9.78 Å². The van der Waals surface area contributed by atoms with E-state index in [-0.39, 0.29) is 10.7 Å². The lowest BCUT2D eigenvalue weighted by Gasteiger charge is -1.99. The summed E-state index contributed by atoms with van der Waals surface area (Å²) in [5.74, 6) is -1.02. The summed E-state index contributed by atoms with van der Waals surface area (Å²) in [5.41, 5.74) is 0.966. The van der Waals surface area contributed by atoms with Crippen LogP contribution in [0.1, 0.15) is 10.4 Å². The van der Waals surface area contributed by atoms with Crippen LogP contribution < -0.4 is 0 Å². The Kier molecular flexibility index (Phi) is 2.05. The van der Waals surface area contributed by atoms with E-state index < -0.39 is 5.97 Å². The molecule has 0 fully saturated rings. The molecular formula is C9H5ClN2O2. The zero-order valence-electron chi connectivity index (χ0n) is 6.94. The highest BCUT2D eigenvalue weighted by atomic mass is 35.5. The maximum atomic E-state index is 10.8. The van der Waals surface area contributed by atoms with Gasteiger partial charge < -0.3 is 5.11 Å². The number of halogens is 1. The summed E-state index contributed by atoms with van der Waals surface area (Å²) in [7, 11) is 0. The summed E-state index contributed by atoms with van der Waals surface area (Å²) < 4.78 is 0. The third-order valence-electron chi connectivity index (χ3n) is 1.77. The van der Waals surface area contributed by atoms with E-state index in [0.29, 0.717) is 11.0 Å². The van der Waals surface area contributed by atoms with Crippen LogP contribution in [0.3, 0.4) is 0 Å². The number of carboxylic acids is 1. The quantitative estimate of drug-likeness (QED) is 0.779. The van der Waals surface area contributed by atoms with Crippen molar-refractivity contribution >= 4 is 28.6 Å². The molecule has 1 heterocycles. The molecule has 14 heavy (non-hydrogen) atoms. The summed E-state index contributed by atoms with van der Waals surface area (Å²) in [5, 5.41) is 9.10. The molecule has 2 aromatic rings. The van der Waals surface area contributed by atoms with Gasteiger partial charge in [-0.3, -0.25) is 4.98 Å². The molecule has 1 aromatic heterocycles. The molecule has 0 aliphatic heterocycles. The van der Waals surface area contributed by atoms with Crippen molar-refractivity contribution < 1.29 is 9.90 Å². The van der Waals surface area contributed by atoms with Gasteiger partial charge in [-0.05, 0) is 12.1 Å². The fourth-order valence-electron chi connectivity index (χ4n) is 1.19. The Labute approximate surface area is 84.2 Å². The molecule has 4 nitrogen and oxygen atoms in total. The van der Waals surface area contributed by atoms with Crippen LogP contribution in [0.4, 0.5) is 0 Å². The van der Waals surface area contributed by atoms with Crippen LogP contribution in [0.15, 0.2) is 24.4 Å². The van der Waals surface area contributed by atoms with Gasteiger partial charge in [0.25, 0.3) is 0 Å². The van der Waals surface area contributed by atoms with Crippen LogP contribution in [0.2, 0.25) is 5.15 Å². The van der Waals surface area contributed by atoms with Crippen molar-refractivity contribution in [2.75, 3.05) is 0 Å². The number of benzene rings is 1. The summed E-state index contributed by atoms with van der Waals surface area (Å²) >= 11 is 5.63. The molecule has 0 atom stereocenters. The van der Waals surface area contributed by atoms with E-state index in [1.165, 1.54) is 12.3 Å². The maximum absolute atomic E-state index is 10.8. The van der Waals surface area contributed by atoms with Gasteiger partial charge in [0, 0.05) is 0 Å². The van der Waals surface area contributed by atoms with Crippen molar-refractivity contribution in [2.45, 2.75) is 0 Å². The molecule has 70 valence electrons. The van der Waals surface area contributed by atoms with E-state index in [2.05, 4.69) is 9.97 Å². The molecule has 0 radical (unpaired) electrons. The third kappa shape index (κ3) is 1.40. The molecule has 0 amide bonds. The SMILES string of the molecule is O=C(O)c1cccc2nc(Cl)cnc12. The number of carboxylic acid groups (broad SMARTS) is 1. The largest absolute Gasteiger partial charge is 0.478 e. The number of hydrogen-bond donors (Lipinski definition) is 1. The minimum Gasteiger partial charge on any atom is -0.478 e. The van der Waals surface area contributed by atoms with Crippen LogP contribution >= 0.6 is 11.6 Å². The number of nitrogens with zero attached hydrogens (tertiary/aromatic N) is 2. The Morgan fingerprint density at radius 2 is 2.21 bits per heavy atom. The lowest BCUT2D eigenvalue weighted by Crippen LogP contribution is -1.99. The van der Waals surface area contributed by atoms with Crippen molar-refractivity contribution in [1.82, 2.24) is 9.97 Å². The lowest BCUT2D eigenvalue weighted by molar-refractivity contribution is 0.0699. The minimum absolute atomic E-state index is 0.131. The summed E-state index contributed by atoms with van der Waals surface area (Å²) in [6.07, 6.45) is 1.33. The van der Waals surface area contributed by atoms with Gasteiger partial charge in [0.1, 0.15) is 10.7 Å². The molecule has 1 aromatic carbocycles. The average Bonchev–Trinajstić information content (AvgIpc) is 2.16. The molecule has 0 saturated carbocycles. The number of carbonyl (C=O) groups is 1. The van der Waals surface area contributed by atoms with Crippen LogP contribution in [0, 0.1) is 0 Å².